The number of nitrogens with one attached hydrogen (secondary N) is 2. The number of hydrogen-bond donors (Lipinski definition) is 4. The number of aliphatic hydroxyl groups excluding tert-OH is 1. The topological polar surface area (TPSA) is 78.0 Å². The molecular formula is C27H42N3O2+. The average Bonchev–Trinajstić information content (AvgIpc) is 2.70. The molecular weight excluding hydrogens is 398 g/mol. The molecule has 0 aromatic heterocycles. The fraction of sp³-hybridized carbons (Fsp3) is 0.519. The Morgan fingerprint density at radius 3 is 1.91 bits per heavy atom. The number of quaternary nitrogens is 1. The number of carbonyl (C=O) groups is 1. The molecule has 2 aromatic rings. The fourth-order valence-electron chi connectivity index (χ4n) is 3.43. The summed E-state index contributed by atoms with van der Waals surface area (Å²) in [5, 5.41) is 17.1. The molecule has 0 aliphatic rings. The van der Waals surface area contributed by atoms with E-state index in [1.165, 1.54) is 16.7 Å². The lowest BCUT2D eigenvalue weighted by Gasteiger charge is -2.26. The maximum Gasteiger partial charge on any atom is 0.323 e. The lowest BCUT2D eigenvalue weighted by atomic mass is 9.80. The van der Waals surface area contributed by atoms with Crippen LogP contribution in [0.2, 0.25) is 0 Å². The SMILES string of the molecule is CC(C)(C)c1cc(NC(=O)Nc2ccc(C[NH2+]CCCCCO)cc2)cc(C(C)(C)C)c1. The summed E-state index contributed by atoms with van der Waals surface area (Å²) in [6.07, 6.45) is 3.07. The second-order valence-corrected chi connectivity index (χ2v) is 10.6. The summed E-state index contributed by atoms with van der Waals surface area (Å²) in [4.78, 5) is 12.6. The lowest BCUT2D eigenvalue weighted by Crippen LogP contribution is -2.82. The normalized spacial score (nSPS) is 12.0. The number of aliphatic hydroxyl groups is 1. The van der Waals surface area contributed by atoms with E-state index in [1.807, 2.05) is 12.1 Å². The van der Waals surface area contributed by atoms with Gasteiger partial charge in [-0.1, -0.05) is 59.7 Å². The van der Waals surface area contributed by atoms with E-state index >= 15 is 0 Å². The molecule has 0 fully saturated rings. The van der Waals surface area contributed by atoms with Crippen LogP contribution < -0.4 is 16.0 Å². The first-order chi connectivity index (χ1) is 15.0. The van der Waals surface area contributed by atoms with Crippen molar-refractivity contribution in [3.05, 3.63) is 59.2 Å². The van der Waals surface area contributed by atoms with Crippen molar-refractivity contribution in [2.45, 2.75) is 78.2 Å². The Labute approximate surface area is 194 Å². The zero-order chi connectivity index (χ0) is 23.8. The highest BCUT2D eigenvalue weighted by molar-refractivity contribution is 5.99. The molecule has 5 N–H and O–H groups in total. The summed E-state index contributed by atoms with van der Waals surface area (Å²) >= 11 is 0. The molecule has 0 saturated heterocycles. The Kier molecular flexibility index (Phi) is 9.29. The zero-order valence-corrected chi connectivity index (χ0v) is 20.7. The van der Waals surface area contributed by atoms with E-state index in [0.717, 1.165) is 43.7 Å². The second kappa shape index (κ2) is 11.5. The zero-order valence-electron chi connectivity index (χ0n) is 20.7. The van der Waals surface area contributed by atoms with Gasteiger partial charge in [-0.25, -0.2) is 4.79 Å². The van der Waals surface area contributed by atoms with Gasteiger partial charge in [-0.15, -0.1) is 0 Å². The van der Waals surface area contributed by atoms with Gasteiger partial charge >= 0.3 is 6.03 Å². The van der Waals surface area contributed by atoms with Crippen molar-refractivity contribution >= 4 is 17.4 Å². The van der Waals surface area contributed by atoms with Crippen LogP contribution >= 0.6 is 0 Å². The van der Waals surface area contributed by atoms with E-state index in [2.05, 4.69) is 87.8 Å². The molecule has 0 spiro atoms. The minimum absolute atomic E-state index is 0.000152. The third-order valence-electron chi connectivity index (χ3n) is 5.58. The first kappa shape index (κ1) is 25.9. The number of hydrogen-bond acceptors (Lipinski definition) is 2. The molecule has 0 atom stereocenters. The number of carbonyl (C=O) groups excluding carboxylic acids is 1. The van der Waals surface area contributed by atoms with Crippen LogP contribution in [0.15, 0.2) is 42.5 Å². The summed E-state index contributed by atoms with van der Waals surface area (Å²) in [6.45, 7) is 15.4. The van der Waals surface area contributed by atoms with Crippen molar-refractivity contribution in [2.75, 3.05) is 23.8 Å². The minimum atomic E-state index is -0.237. The van der Waals surface area contributed by atoms with Gasteiger partial charge in [0, 0.05) is 23.5 Å². The average molecular weight is 441 g/mol. The summed E-state index contributed by atoms with van der Waals surface area (Å²) in [5.41, 5.74) is 5.23. The molecule has 2 rings (SSSR count). The van der Waals surface area contributed by atoms with Gasteiger partial charge in [-0.05, 0) is 65.5 Å². The summed E-state index contributed by atoms with van der Waals surface area (Å²) < 4.78 is 0. The highest BCUT2D eigenvalue weighted by Crippen LogP contribution is 2.32. The maximum absolute atomic E-state index is 12.6. The summed E-state index contributed by atoms with van der Waals surface area (Å²) in [6, 6.07) is 14.1. The number of unbranched alkanes of at least 4 members (excludes halogenated alkanes) is 2. The fourth-order valence-corrected chi connectivity index (χ4v) is 3.43. The molecule has 2 amide bonds. The van der Waals surface area contributed by atoms with Crippen LogP contribution in [-0.4, -0.2) is 24.3 Å². The van der Waals surface area contributed by atoms with Crippen molar-refractivity contribution in [2.24, 2.45) is 0 Å². The van der Waals surface area contributed by atoms with Crippen molar-refractivity contribution in [3.63, 3.8) is 0 Å². The maximum atomic E-state index is 12.6. The summed E-state index contributed by atoms with van der Waals surface area (Å²) in [5.74, 6) is 0. The number of benzene rings is 2. The van der Waals surface area contributed by atoms with Gasteiger partial charge in [0.15, 0.2) is 0 Å². The molecule has 0 radical (unpaired) electrons. The van der Waals surface area contributed by atoms with Crippen molar-refractivity contribution in [1.29, 1.82) is 0 Å². The first-order valence-corrected chi connectivity index (χ1v) is 11.7. The highest BCUT2D eigenvalue weighted by atomic mass is 16.2. The molecule has 0 bridgehead atoms. The minimum Gasteiger partial charge on any atom is -0.396 e. The van der Waals surface area contributed by atoms with E-state index in [1.54, 1.807) is 0 Å². The Balaban J connectivity index is 1.96. The summed E-state index contributed by atoms with van der Waals surface area (Å²) in [7, 11) is 0. The van der Waals surface area contributed by atoms with Crippen LogP contribution in [0.25, 0.3) is 0 Å². The smallest absolute Gasteiger partial charge is 0.323 e. The molecule has 0 heterocycles. The van der Waals surface area contributed by atoms with Crippen LogP contribution in [0, 0.1) is 0 Å². The number of rotatable bonds is 9. The molecule has 32 heavy (non-hydrogen) atoms. The van der Waals surface area contributed by atoms with Gasteiger partial charge in [0.2, 0.25) is 0 Å². The highest BCUT2D eigenvalue weighted by Gasteiger charge is 2.21. The number of amides is 2. The first-order valence-electron chi connectivity index (χ1n) is 11.7. The Bertz CT molecular complexity index is 830. The van der Waals surface area contributed by atoms with Crippen LogP contribution in [0.5, 0.6) is 0 Å². The molecule has 0 aliphatic heterocycles. The number of urea groups is 1. The van der Waals surface area contributed by atoms with Gasteiger partial charge < -0.3 is 21.1 Å². The molecule has 5 nitrogen and oxygen atoms in total. The van der Waals surface area contributed by atoms with Gasteiger partial charge in [0.1, 0.15) is 6.54 Å². The Morgan fingerprint density at radius 2 is 1.38 bits per heavy atom. The van der Waals surface area contributed by atoms with Crippen LogP contribution in [0.3, 0.4) is 0 Å². The molecule has 0 unspecified atom stereocenters. The monoisotopic (exact) mass is 440 g/mol. The third-order valence-corrected chi connectivity index (χ3v) is 5.58. The van der Waals surface area contributed by atoms with E-state index in [9.17, 15) is 4.79 Å². The lowest BCUT2D eigenvalue weighted by molar-refractivity contribution is -0.671. The van der Waals surface area contributed by atoms with Crippen LogP contribution in [-0.2, 0) is 17.4 Å². The van der Waals surface area contributed by atoms with Gasteiger partial charge in [-0.3, -0.25) is 0 Å². The Morgan fingerprint density at radius 1 is 0.812 bits per heavy atom. The van der Waals surface area contributed by atoms with E-state index < -0.39 is 0 Å². The van der Waals surface area contributed by atoms with Crippen molar-refractivity contribution < 1.29 is 15.2 Å². The molecule has 0 saturated carbocycles. The van der Waals surface area contributed by atoms with Crippen molar-refractivity contribution in [1.82, 2.24) is 0 Å². The standard InChI is InChI=1S/C27H41N3O2/c1-26(2,3)21-16-22(27(4,5)6)18-24(17-21)30-25(32)29-23-12-10-20(11-13-23)19-28-14-8-7-9-15-31/h10-13,16-18,28,31H,7-9,14-15,19H2,1-6H3,(H2,29,30,32)/p+1. The molecule has 5 heteroatoms. The van der Waals surface area contributed by atoms with E-state index in [0.29, 0.717) is 0 Å². The second-order valence-electron chi connectivity index (χ2n) is 10.6. The predicted molar refractivity (Wildman–Crippen MR) is 134 cm³/mol. The van der Waals surface area contributed by atoms with Gasteiger partial charge in [0.25, 0.3) is 0 Å². The largest absolute Gasteiger partial charge is 0.396 e. The van der Waals surface area contributed by atoms with Gasteiger partial charge in [0.05, 0.1) is 6.54 Å². The van der Waals surface area contributed by atoms with Gasteiger partial charge in [-0.2, -0.15) is 0 Å². The molecule has 0 aliphatic carbocycles. The molecule has 2 aromatic carbocycles. The van der Waals surface area contributed by atoms with Crippen LogP contribution in [0.4, 0.5) is 16.2 Å². The Hall–Kier alpha value is -2.37. The molecule has 176 valence electrons. The predicted octanol–water partition coefficient (Wildman–Crippen LogP) is 5.15. The van der Waals surface area contributed by atoms with Crippen LogP contribution in [0.1, 0.15) is 77.5 Å². The quantitative estimate of drug-likeness (QED) is 0.407. The number of nitrogens with two attached hydrogens (primary N) is 1. The van der Waals surface area contributed by atoms with E-state index in [-0.39, 0.29) is 23.5 Å². The third kappa shape index (κ3) is 8.64. The van der Waals surface area contributed by atoms with Crippen molar-refractivity contribution in [3.8, 4) is 0 Å². The number of anilines is 2. The van der Waals surface area contributed by atoms with E-state index in [4.69, 9.17) is 5.11 Å².